The number of allylic oxidation sites excluding steroid dienone is 2. The molecule has 0 saturated heterocycles. The minimum Gasteiger partial charge on any atom is -0.103 e. The summed E-state index contributed by atoms with van der Waals surface area (Å²) in [6.45, 7) is 3.67. The van der Waals surface area contributed by atoms with Crippen LogP contribution in [0.5, 0.6) is 0 Å². The lowest BCUT2D eigenvalue weighted by molar-refractivity contribution is 0.434. The quantitative estimate of drug-likeness (QED) is 0.265. The zero-order valence-electron chi connectivity index (χ0n) is 7.06. The molecule has 64 valence electrons. The van der Waals surface area contributed by atoms with Crippen molar-refractivity contribution in [1.82, 2.24) is 0 Å². The van der Waals surface area contributed by atoms with E-state index >= 15 is 0 Å². The smallest absolute Gasteiger partial charge is 0.0583 e. The summed E-state index contributed by atoms with van der Waals surface area (Å²) in [5, 5.41) is 3.69. The second-order valence-electron chi connectivity index (χ2n) is 2.98. The molecule has 1 aliphatic carbocycles. The molecule has 0 N–H and O–H groups in total. The van der Waals surface area contributed by atoms with Crippen LogP contribution in [0.25, 0.3) is 10.4 Å². The molecule has 3 nitrogen and oxygen atoms in total. The summed E-state index contributed by atoms with van der Waals surface area (Å²) >= 11 is 0. The van der Waals surface area contributed by atoms with Crippen LogP contribution in [0, 0.1) is 5.92 Å². The minimum atomic E-state index is -0.0278. The number of nitrogens with zero attached hydrogens (tertiary/aromatic N) is 3. The van der Waals surface area contributed by atoms with Gasteiger partial charge >= 0.3 is 0 Å². The third kappa shape index (κ3) is 2.14. The lowest BCUT2D eigenvalue weighted by Gasteiger charge is -2.21. The van der Waals surface area contributed by atoms with Crippen molar-refractivity contribution in [3.63, 3.8) is 0 Å². The van der Waals surface area contributed by atoms with Crippen molar-refractivity contribution < 1.29 is 0 Å². The second kappa shape index (κ2) is 4.62. The zero-order valence-corrected chi connectivity index (χ0v) is 7.06. The maximum absolute atomic E-state index is 8.29. The summed E-state index contributed by atoms with van der Waals surface area (Å²) < 4.78 is 0. The van der Waals surface area contributed by atoms with E-state index in [0.29, 0.717) is 5.92 Å². The molecule has 0 radical (unpaired) electrons. The van der Waals surface area contributed by atoms with Crippen molar-refractivity contribution in [3.8, 4) is 0 Å². The molecule has 0 aromatic heterocycles. The summed E-state index contributed by atoms with van der Waals surface area (Å²) in [5.74, 6) is 0.461. The van der Waals surface area contributed by atoms with Gasteiger partial charge in [-0.1, -0.05) is 23.3 Å². The molecular weight excluding hydrogens is 150 g/mol. The monoisotopic (exact) mass is 163 g/mol. The maximum atomic E-state index is 8.29. The third-order valence-electron chi connectivity index (χ3n) is 2.22. The van der Waals surface area contributed by atoms with Crippen LogP contribution in [0.2, 0.25) is 0 Å². The van der Waals surface area contributed by atoms with Crippen LogP contribution in [0.15, 0.2) is 29.9 Å². The second-order valence-corrected chi connectivity index (χ2v) is 2.98. The highest BCUT2D eigenvalue weighted by Gasteiger charge is 2.17. The number of hydrogen-bond donors (Lipinski definition) is 0. The van der Waals surface area contributed by atoms with Crippen LogP contribution in [0.4, 0.5) is 0 Å². The van der Waals surface area contributed by atoms with E-state index in [9.17, 15) is 0 Å². The Morgan fingerprint density at radius 1 is 1.67 bits per heavy atom. The van der Waals surface area contributed by atoms with Crippen LogP contribution in [-0.2, 0) is 0 Å². The van der Waals surface area contributed by atoms with Gasteiger partial charge in [-0.2, -0.15) is 0 Å². The molecule has 2 atom stereocenters. The Morgan fingerprint density at radius 3 is 3.00 bits per heavy atom. The number of azide groups is 1. The maximum Gasteiger partial charge on any atom is 0.0583 e. The van der Waals surface area contributed by atoms with Gasteiger partial charge in [-0.15, -0.1) is 6.58 Å². The van der Waals surface area contributed by atoms with Crippen LogP contribution < -0.4 is 0 Å². The van der Waals surface area contributed by atoms with Crippen molar-refractivity contribution in [2.75, 3.05) is 0 Å². The van der Waals surface area contributed by atoms with E-state index in [1.165, 1.54) is 0 Å². The van der Waals surface area contributed by atoms with Gasteiger partial charge in [-0.25, -0.2) is 0 Å². The van der Waals surface area contributed by atoms with Gasteiger partial charge in [0, 0.05) is 4.91 Å². The average molecular weight is 163 g/mol. The Bertz CT molecular complexity index is 226. The lowest BCUT2D eigenvalue weighted by Crippen LogP contribution is -2.16. The van der Waals surface area contributed by atoms with Gasteiger partial charge in [-0.3, -0.25) is 0 Å². The van der Waals surface area contributed by atoms with E-state index in [1.807, 2.05) is 0 Å². The van der Waals surface area contributed by atoms with Gasteiger partial charge in [0.2, 0.25) is 0 Å². The average Bonchev–Trinajstić information content (AvgIpc) is 2.15. The van der Waals surface area contributed by atoms with Crippen LogP contribution in [0.3, 0.4) is 0 Å². The first-order valence-electron chi connectivity index (χ1n) is 4.20. The molecular formula is C9H13N3. The fourth-order valence-corrected chi connectivity index (χ4v) is 1.52. The summed E-state index contributed by atoms with van der Waals surface area (Å²) in [6, 6.07) is -0.0278. The molecule has 0 aliphatic heterocycles. The van der Waals surface area contributed by atoms with Gasteiger partial charge in [0.05, 0.1) is 6.04 Å². The molecule has 0 fully saturated rings. The van der Waals surface area contributed by atoms with Gasteiger partial charge in [-0.05, 0) is 30.7 Å². The fraction of sp³-hybridized carbons (Fsp3) is 0.556. The van der Waals surface area contributed by atoms with Gasteiger partial charge in [0.25, 0.3) is 0 Å². The molecule has 0 aromatic carbocycles. The highest BCUT2D eigenvalue weighted by atomic mass is 15.1. The Kier molecular flexibility index (Phi) is 3.42. The fourth-order valence-electron chi connectivity index (χ4n) is 1.52. The third-order valence-corrected chi connectivity index (χ3v) is 2.22. The van der Waals surface area contributed by atoms with Crippen molar-refractivity contribution in [3.05, 3.63) is 35.2 Å². The largest absolute Gasteiger partial charge is 0.103 e. The molecule has 1 rings (SSSR count). The Labute approximate surface area is 72.4 Å². The summed E-state index contributed by atoms with van der Waals surface area (Å²) in [5.41, 5.74) is 8.29. The van der Waals surface area contributed by atoms with Gasteiger partial charge < -0.3 is 0 Å². The first kappa shape index (κ1) is 8.88. The van der Waals surface area contributed by atoms with Gasteiger partial charge in [0.15, 0.2) is 0 Å². The predicted octanol–water partition coefficient (Wildman–Crippen LogP) is 3.21. The topological polar surface area (TPSA) is 48.8 Å². The summed E-state index contributed by atoms with van der Waals surface area (Å²) in [7, 11) is 0. The highest BCUT2D eigenvalue weighted by molar-refractivity contribution is 4.99. The molecule has 0 spiro atoms. The highest BCUT2D eigenvalue weighted by Crippen LogP contribution is 2.24. The predicted molar refractivity (Wildman–Crippen MR) is 49.6 cm³/mol. The first-order valence-corrected chi connectivity index (χ1v) is 4.20. The van der Waals surface area contributed by atoms with Crippen LogP contribution >= 0.6 is 0 Å². The number of rotatable bonds is 3. The standard InChI is InChI=1S/C9H13N3/c1-2-9(11-12-10)8-6-4-3-5-7-8/h2-4,8-9H,1,5-7H2/t8-,9-/m0/s1. The lowest BCUT2D eigenvalue weighted by atomic mass is 9.88. The molecule has 0 saturated carbocycles. The Balaban J connectivity index is 2.58. The van der Waals surface area contributed by atoms with Crippen molar-refractivity contribution in [2.45, 2.75) is 25.3 Å². The van der Waals surface area contributed by atoms with E-state index in [1.54, 1.807) is 6.08 Å². The van der Waals surface area contributed by atoms with Crippen molar-refractivity contribution in [2.24, 2.45) is 11.0 Å². The Hall–Kier alpha value is -1.21. The van der Waals surface area contributed by atoms with E-state index < -0.39 is 0 Å². The number of hydrogen-bond acceptors (Lipinski definition) is 1. The normalized spacial score (nSPS) is 24.2. The molecule has 0 aromatic rings. The van der Waals surface area contributed by atoms with E-state index in [0.717, 1.165) is 19.3 Å². The van der Waals surface area contributed by atoms with E-state index in [4.69, 9.17) is 5.53 Å². The van der Waals surface area contributed by atoms with Crippen LogP contribution in [-0.4, -0.2) is 6.04 Å². The summed E-state index contributed by atoms with van der Waals surface area (Å²) in [4.78, 5) is 2.81. The summed E-state index contributed by atoms with van der Waals surface area (Å²) in [6.07, 6.45) is 9.27. The van der Waals surface area contributed by atoms with Gasteiger partial charge in [0.1, 0.15) is 0 Å². The molecule has 1 aliphatic rings. The SMILES string of the molecule is C=C[C@H](N=[N+]=[N-])[C@H]1CC=CCC1. The Morgan fingerprint density at radius 2 is 2.50 bits per heavy atom. The van der Waals surface area contributed by atoms with E-state index in [2.05, 4.69) is 28.8 Å². The molecule has 12 heavy (non-hydrogen) atoms. The minimum absolute atomic E-state index is 0.0278. The molecule has 0 unspecified atom stereocenters. The molecule has 0 heterocycles. The van der Waals surface area contributed by atoms with Crippen molar-refractivity contribution >= 4 is 0 Å². The molecule has 0 bridgehead atoms. The van der Waals surface area contributed by atoms with Crippen molar-refractivity contribution in [1.29, 1.82) is 0 Å². The van der Waals surface area contributed by atoms with Crippen LogP contribution in [0.1, 0.15) is 19.3 Å². The first-order chi connectivity index (χ1) is 5.88. The zero-order chi connectivity index (χ0) is 8.81. The molecule has 0 amide bonds. The van der Waals surface area contributed by atoms with E-state index in [-0.39, 0.29) is 6.04 Å². The molecule has 3 heteroatoms.